The molecule has 8 nitrogen and oxygen atoms in total. The van der Waals surface area contributed by atoms with Crippen molar-refractivity contribution in [3.63, 3.8) is 0 Å². The van der Waals surface area contributed by atoms with Crippen molar-refractivity contribution < 1.29 is 9.59 Å². The van der Waals surface area contributed by atoms with E-state index in [-0.39, 0.29) is 43.2 Å². The predicted molar refractivity (Wildman–Crippen MR) is 96.4 cm³/mol. The summed E-state index contributed by atoms with van der Waals surface area (Å²) in [5.74, 6) is -0.136. The Labute approximate surface area is 152 Å². The number of anilines is 2. The number of likely N-dealkylation sites (N-methyl/N-ethyl adjacent to an activating group) is 1. The molecule has 2 rings (SSSR count). The highest BCUT2D eigenvalue weighted by Crippen LogP contribution is 2.09. The lowest BCUT2D eigenvalue weighted by Crippen LogP contribution is -2.38. The van der Waals surface area contributed by atoms with Crippen LogP contribution in [0.1, 0.15) is 13.0 Å². The van der Waals surface area contributed by atoms with Gasteiger partial charge in [-0.25, -0.2) is 4.98 Å². The van der Waals surface area contributed by atoms with Crippen molar-refractivity contribution in [2.24, 2.45) is 0 Å². The second-order valence-corrected chi connectivity index (χ2v) is 4.88. The minimum Gasteiger partial charge on any atom is -0.384 e. The Kier molecular flexibility index (Phi) is 8.80. The van der Waals surface area contributed by atoms with E-state index in [1.54, 1.807) is 49.2 Å². The Balaban J connectivity index is 0.00000264. The van der Waals surface area contributed by atoms with Crippen molar-refractivity contribution in [3.05, 3.63) is 36.8 Å². The summed E-state index contributed by atoms with van der Waals surface area (Å²) in [6.45, 7) is 1.67. The molecule has 2 amide bonds. The summed E-state index contributed by atoms with van der Waals surface area (Å²) in [5.41, 5.74) is 6.00. The van der Waals surface area contributed by atoms with Gasteiger partial charge < -0.3 is 16.0 Å². The van der Waals surface area contributed by atoms with Gasteiger partial charge in [-0.1, -0.05) is 0 Å². The number of nitrogens with zero attached hydrogens (tertiary/aromatic N) is 4. The van der Waals surface area contributed by atoms with E-state index in [4.69, 9.17) is 5.73 Å². The fourth-order valence-corrected chi connectivity index (χ4v) is 1.91. The summed E-state index contributed by atoms with van der Waals surface area (Å²) < 4.78 is 1.54. The zero-order chi connectivity index (χ0) is 16.1. The van der Waals surface area contributed by atoms with Gasteiger partial charge in [0.15, 0.2) is 0 Å². The fraction of sp³-hybridized carbons (Fsp3) is 0.286. The van der Waals surface area contributed by atoms with Crippen LogP contribution in [0.3, 0.4) is 0 Å². The molecule has 3 N–H and O–H groups in total. The quantitative estimate of drug-likeness (QED) is 0.821. The smallest absolute Gasteiger partial charge is 0.247 e. The van der Waals surface area contributed by atoms with Crippen LogP contribution in [0.5, 0.6) is 0 Å². The van der Waals surface area contributed by atoms with E-state index in [0.717, 1.165) is 0 Å². The minimum atomic E-state index is -0.467. The lowest BCUT2D eigenvalue weighted by Gasteiger charge is -2.21. The van der Waals surface area contributed by atoms with E-state index < -0.39 is 6.04 Å². The van der Waals surface area contributed by atoms with Crippen molar-refractivity contribution in [2.75, 3.05) is 24.6 Å². The Morgan fingerprint density at radius 1 is 1.38 bits per heavy atom. The first-order valence-corrected chi connectivity index (χ1v) is 6.73. The topological polar surface area (TPSA) is 106 Å². The molecular formula is C14H20Cl2N6O2. The number of hydrogen-bond acceptors (Lipinski definition) is 5. The maximum absolute atomic E-state index is 12.2. The van der Waals surface area contributed by atoms with Gasteiger partial charge in [-0.2, -0.15) is 5.10 Å². The molecule has 2 aromatic heterocycles. The van der Waals surface area contributed by atoms with Gasteiger partial charge in [0.05, 0.1) is 18.4 Å². The molecule has 2 aromatic rings. The van der Waals surface area contributed by atoms with Gasteiger partial charge in [0, 0.05) is 19.4 Å². The Hall–Kier alpha value is -2.32. The molecule has 0 aliphatic rings. The van der Waals surface area contributed by atoms with E-state index in [0.29, 0.717) is 11.5 Å². The van der Waals surface area contributed by atoms with Crippen molar-refractivity contribution in [3.8, 4) is 0 Å². The van der Waals surface area contributed by atoms with E-state index in [1.807, 2.05) is 0 Å². The third-order valence-electron chi connectivity index (χ3n) is 3.11. The van der Waals surface area contributed by atoms with E-state index in [2.05, 4.69) is 15.4 Å². The van der Waals surface area contributed by atoms with Gasteiger partial charge in [-0.3, -0.25) is 14.3 Å². The number of pyridine rings is 1. The van der Waals surface area contributed by atoms with E-state index in [1.165, 1.54) is 11.1 Å². The van der Waals surface area contributed by atoms with Gasteiger partial charge in [0.2, 0.25) is 11.8 Å². The van der Waals surface area contributed by atoms with Crippen LogP contribution >= 0.6 is 24.8 Å². The molecule has 0 aliphatic carbocycles. The molecule has 0 spiro atoms. The standard InChI is InChI=1S/C14H18N6O2.2ClH/c1-10(20-7-3-6-17-20)14(22)19(2)9-13(21)18-11-4-5-12(15)16-8-11;;/h3-8,10H,9H2,1-2H3,(H2,15,16)(H,18,21);2*1H. The number of rotatable bonds is 5. The lowest BCUT2D eigenvalue weighted by atomic mass is 10.3. The number of halogens is 2. The summed E-state index contributed by atoms with van der Waals surface area (Å²) in [4.78, 5) is 29.4. The van der Waals surface area contributed by atoms with E-state index >= 15 is 0 Å². The summed E-state index contributed by atoms with van der Waals surface area (Å²) in [6, 6.07) is 4.51. The SMILES string of the molecule is CC(C(=O)N(C)CC(=O)Nc1ccc(N)nc1)n1cccn1.Cl.Cl. The normalized spacial score (nSPS) is 10.8. The van der Waals surface area contributed by atoms with Crippen LogP contribution in [-0.2, 0) is 9.59 Å². The molecule has 1 unspecified atom stereocenters. The van der Waals surface area contributed by atoms with Crippen molar-refractivity contribution in [1.29, 1.82) is 0 Å². The third-order valence-corrected chi connectivity index (χ3v) is 3.11. The fourth-order valence-electron chi connectivity index (χ4n) is 1.91. The first-order valence-electron chi connectivity index (χ1n) is 6.73. The maximum atomic E-state index is 12.2. The molecule has 1 atom stereocenters. The van der Waals surface area contributed by atoms with Gasteiger partial charge in [0.1, 0.15) is 11.9 Å². The molecule has 2 heterocycles. The number of nitrogens with two attached hydrogens (primary N) is 1. The van der Waals surface area contributed by atoms with Crippen LogP contribution in [0.15, 0.2) is 36.8 Å². The van der Waals surface area contributed by atoms with Crippen LogP contribution < -0.4 is 11.1 Å². The number of hydrogen-bond donors (Lipinski definition) is 2. The van der Waals surface area contributed by atoms with Gasteiger partial charge in [-0.05, 0) is 25.1 Å². The highest BCUT2D eigenvalue weighted by atomic mass is 35.5. The molecule has 132 valence electrons. The van der Waals surface area contributed by atoms with Gasteiger partial charge in [0.25, 0.3) is 0 Å². The number of carbonyl (C=O) groups excluding carboxylic acids is 2. The second-order valence-electron chi connectivity index (χ2n) is 4.88. The Bertz CT molecular complexity index is 648. The number of carbonyl (C=O) groups is 2. The maximum Gasteiger partial charge on any atom is 0.247 e. The highest BCUT2D eigenvalue weighted by Gasteiger charge is 2.21. The number of amides is 2. The monoisotopic (exact) mass is 374 g/mol. The number of aromatic nitrogens is 3. The van der Waals surface area contributed by atoms with Crippen LogP contribution in [-0.4, -0.2) is 45.1 Å². The average Bonchev–Trinajstić information content (AvgIpc) is 3.02. The summed E-state index contributed by atoms with van der Waals surface area (Å²) in [5, 5.41) is 6.68. The molecule has 0 saturated carbocycles. The molecule has 0 saturated heterocycles. The van der Waals surface area contributed by atoms with Crippen LogP contribution in [0.25, 0.3) is 0 Å². The Morgan fingerprint density at radius 2 is 2.08 bits per heavy atom. The molecule has 10 heteroatoms. The average molecular weight is 375 g/mol. The van der Waals surface area contributed by atoms with Gasteiger partial charge >= 0.3 is 0 Å². The zero-order valence-electron chi connectivity index (χ0n) is 13.2. The minimum absolute atomic E-state index is 0. The molecule has 0 bridgehead atoms. The van der Waals surface area contributed by atoms with E-state index in [9.17, 15) is 9.59 Å². The molecule has 0 radical (unpaired) electrons. The molecule has 24 heavy (non-hydrogen) atoms. The van der Waals surface area contributed by atoms with Crippen molar-refractivity contribution in [2.45, 2.75) is 13.0 Å². The Morgan fingerprint density at radius 3 is 2.62 bits per heavy atom. The molecule has 0 aromatic carbocycles. The van der Waals surface area contributed by atoms with Crippen LogP contribution in [0.2, 0.25) is 0 Å². The molecule has 0 fully saturated rings. The number of nitrogens with one attached hydrogen (secondary N) is 1. The highest BCUT2D eigenvalue weighted by molar-refractivity contribution is 5.94. The second kappa shape index (κ2) is 9.74. The van der Waals surface area contributed by atoms with Gasteiger partial charge in [-0.15, -0.1) is 24.8 Å². The van der Waals surface area contributed by atoms with Crippen LogP contribution in [0.4, 0.5) is 11.5 Å². The summed E-state index contributed by atoms with van der Waals surface area (Å²) in [6.07, 6.45) is 4.77. The first-order chi connectivity index (χ1) is 10.5. The molecular weight excluding hydrogens is 355 g/mol. The molecule has 0 aliphatic heterocycles. The van der Waals surface area contributed by atoms with Crippen LogP contribution in [0, 0.1) is 0 Å². The summed E-state index contributed by atoms with van der Waals surface area (Å²) >= 11 is 0. The third kappa shape index (κ3) is 5.71. The van der Waals surface area contributed by atoms with Crippen molar-refractivity contribution >= 4 is 48.1 Å². The summed E-state index contributed by atoms with van der Waals surface area (Å²) in [7, 11) is 1.57. The van der Waals surface area contributed by atoms with Crippen molar-refractivity contribution in [1.82, 2.24) is 19.7 Å². The first kappa shape index (κ1) is 21.7. The largest absolute Gasteiger partial charge is 0.384 e. The lowest BCUT2D eigenvalue weighted by molar-refractivity contribution is -0.136. The predicted octanol–water partition coefficient (Wildman–Crippen LogP) is 1.36. The zero-order valence-corrected chi connectivity index (χ0v) is 14.9. The number of nitrogen functional groups attached to an aromatic ring is 1.